The molecule has 118 valence electrons. The quantitative estimate of drug-likeness (QED) is 0.870. The number of halogens is 1. The fourth-order valence-corrected chi connectivity index (χ4v) is 4.53. The van der Waals surface area contributed by atoms with E-state index in [1.807, 2.05) is 6.92 Å². The van der Waals surface area contributed by atoms with Gasteiger partial charge in [-0.1, -0.05) is 37.8 Å². The number of rotatable bonds is 5. The molecule has 7 heteroatoms. The lowest BCUT2D eigenvalue weighted by atomic mass is 9.83. The van der Waals surface area contributed by atoms with E-state index >= 15 is 0 Å². The van der Waals surface area contributed by atoms with Crippen LogP contribution in [0.3, 0.4) is 0 Å². The molecular weight excluding hydrogens is 312 g/mol. The average molecular weight is 333 g/mol. The molecular formula is C14H21ClN2O3S. The summed E-state index contributed by atoms with van der Waals surface area (Å²) in [6.45, 7) is 1.99. The first-order chi connectivity index (χ1) is 9.94. The first kappa shape index (κ1) is 16.5. The Morgan fingerprint density at radius 3 is 2.62 bits per heavy atom. The van der Waals surface area contributed by atoms with Gasteiger partial charge in [-0.05, 0) is 31.2 Å². The van der Waals surface area contributed by atoms with E-state index in [1.54, 1.807) is 0 Å². The minimum atomic E-state index is -3.66. The zero-order valence-electron chi connectivity index (χ0n) is 12.1. The second-order valence-corrected chi connectivity index (χ2v) is 7.67. The number of nitrogens with one attached hydrogen (secondary N) is 2. The van der Waals surface area contributed by atoms with Gasteiger partial charge in [0.15, 0.2) is 0 Å². The molecule has 1 aromatic heterocycles. The molecule has 1 aromatic rings. The van der Waals surface area contributed by atoms with E-state index < -0.39 is 15.6 Å². The molecule has 1 atom stereocenters. The van der Waals surface area contributed by atoms with Crippen LogP contribution in [0.1, 0.15) is 45.4 Å². The average Bonchev–Trinajstić information content (AvgIpc) is 2.48. The van der Waals surface area contributed by atoms with Gasteiger partial charge in [0.2, 0.25) is 10.0 Å². The standard InChI is InChI=1S/C14H21ClN2O3S/c1-2-13(10-6-4-3-5-7-10)17-21(19,20)11-8-12(15)14(18)16-9-11/h8-10,13,17H,2-7H2,1H3,(H,16,18). The van der Waals surface area contributed by atoms with Crippen molar-refractivity contribution in [1.82, 2.24) is 9.71 Å². The Bertz CT molecular complexity index is 636. The van der Waals surface area contributed by atoms with Gasteiger partial charge in [-0.15, -0.1) is 0 Å². The van der Waals surface area contributed by atoms with Gasteiger partial charge in [-0.3, -0.25) is 4.79 Å². The Morgan fingerprint density at radius 2 is 2.05 bits per heavy atom. The molecule has 0 saturated heterocycles. The number of hydrogen-bond donors (Lipinski definition) is 2. The van der Waals surface area contributed by atoms with Gasteiger partial charge in [-0.25, -0.2) is 13.1 Å². The monoisotopic (exact) mass is 332 g/mol. The fourth-order valence-electron chi connectivity index (χ4n) is 2.91. The summed E-state index contributed by atoms with van der Waals surface area (Å²) in [5, 5.41) is -0.122. The lowest BCUT2D eigenvalue weighted by molar-refractivity contribution is 0.285. The minimum absolute atomic E-state index is 0.00126. The van der Waals surface area contributed by atoms with Crippen LogP contribution in [0.5, 0.6) is 0 Å². The fraction of sp³-hybridized carbons (Fsp3) is 0.643. The summed E-state index contributed by atoms with van der Waals surface area (Å²) in [7, 11) is -3.66. The van der Waals surface area contributed by atoms with Crippen molar-refractivity contribution in [3.05, 3.63) is 27.6 Å². The highest BCUT2D eigenvalue weighted by molar-refractivity contribution is 7.89. The second-order valence-electron chi connectivity index (χ2n) is 5.55. The predicted octanol–water partition coefficient (Wildman–Crippen LogP) is 2.67. The van der Waals surface area contributed by atoms with Crippen molar-refractivity contribution < 1.29 is 8.42 Å². The van der Waals surface area contributed by atoms with Gasteiger partial charge in [0.1, 0.15) is 5.02 Å². The van der Waals surface area contributed by atoms with Gasteiger partial charge < -0.3 is 4.98 Å². The smallest absolute Gasteiger partial charge is 0.266 e. The van der Waals surface area contributed by atoms with Gasteiger partial charge in [0, 0.05) is 12.2 Å². The minimum Gasteiger partial charge on any atom is -0.326 e. The number of hydrogen-bond acceptors (Lipinski definition) is 3. The largest absolute Gasteiger partial charge is 0.326 e. The van der Waals surface area contributed by atoms with E-state index in [0.29, 0.717) is 5.92 Å². The van der Waals surface area contributed by atoms with Crippen LogP contribution >= 0.6 is 11.6 Å². The highest BCUT2D eigenvalue weighted by Crippen LogP contribution is 2.28. The van der Waals surface area contributed by atoms with Crippen LogP contribution in [0.2, 0.25) is 5.02 Å². The van der Waals surface area contributed by atoms with Gasteiger partial charge >= 0.3 is 0 Å². The lowest BCUT2D eigenvalue weighted by Crippen LogP contribution is -2.40. The molecule has 1 unspecified atom stereocenters. The van der Waals surface area contributed by atoms with E-state index in [4.69, 9.17) is 11.6 Å². The van der Waals surface area contributed by atoms with Crippen molar-refractivity contribution in [1.29, 1.82) is 0 Å². The van der Waals surface area contributed by atoms with Crippen LogP contribution in [-0.4, -0.2) is 19.4 Å². The molecule has 1 saturated carbocycles. The molecule has 1 fully saturated rings. The van der Waals surface area contributed by atoms with Crippen molar-refractivity contribution in [3.8, 4) is 0 Å². The molecule has 0 amide bonds. The number of pyridine rings is 1. The third-order valence-electron chi connectivity index (χ3n) is 4.11. The molecule has 2 N–H and O–H groups in total. The number of sulfonamides is 1. The number of H-pyrrole nitrogens is 1. The lowest BCUT2D eigenvalue weighted by Gasteiger charge is -2.30. The summed E-state index contributed by atoms with van der Waals surface area (Å²) in [4.78, 5) is 13.6. The molecule has 21 heavy (non-hydrogen) atoms. The van der Waals surface area contributed by atoms with Gasteiger partial charge in [-0.2, -0.15) is 0 Å². The summed E-state index contributed by atoms with van der Waals surface area (Å²) in [6.07, 6.45) is 7.61. The van der Waals surface area contributed by atoms with Crippen molar-refractivity contribution in [3.63, 3.8) is 0 Å². The van der Waals surface area contributed by atoms with Crippen LogP contribution in [0.15, 0.2) is 22.0 Å². The van der Waals surface area contributed by atoms with Crippen LogP contribution in [0, 0.1) is 5.92 Å². The molecule has 0 bridgehead atoms. The van der Waals surface area contributed by atoms with E-state index in [9.17, 15) is 13.2 Å². The van der Waals surface area contributed by atoms with Crippen LogP contribution < -0.4 is 10.3 Å². The molecule has 0 spiro atoms. The first-order valence-corrected chi connectivity index (χ1v) is 9.20. The van der Waals surface area contributed by atoms with Crippen molar-refractivity contribution >= 4 is 21.6 Å². The van der Waals surface area contributed by atoms with Crippen molar-refractivity contribution in [2.24, 2.45) is 5.92 Å². The Balaban J connectivity index is 2.18. The first-order valence-electron chi connectivity index (χ1n) is 7.34. The maximum absolute atomic E-state index is 12.4. The normalized spacial score (nSPS) is 18.6. The Hall–Kier alpha value is -0.850. The highest BCUT2D eigenvalue weighted by atomic mass is 35.5. The molecule has 0 aliphatic heterocycles. The highest BCUT2D eigenvalue weighted by Gasteiger charge is 2.27. The molecule has 0 aromatic carbocycles. The number of aromatic amines is 1. The Labute approximate surface area is 130 Å². The number of aromatic nitrogens is 1. The van der Waals surface area contributed by atoms with E-state index in [2.05, 4.69) is 9.71 Å². The third-order valence-corrected chi connectivity index (χ3v) is 5.86. The zero-order valence-corrected chi connectivity index (χ0v) is 13.6. The van der Waals surface area contributed by atoms with Crippen LogP contribution in [0.25, 0.3) is 0 Å². The van der Waals surface area contributed by atoms with E-state index in [0.717, 1.165) is 32.1 Å². The Morgan fingerprint density at radius 1 is 1.38 bits per heavy atom. The summed E-state index contributed by atoms with van der Waals surface area (Å²) in [5.41, 5.74) is -0.491. The van der Waals surface area contributed by atoms with E-state index in [-0.39, 0.29) is 16.0 Å². The van der Waals surface area contributed by atoms with Gasteiger partial charge in [0.25, 0.3) is 5.56 Å². The Kier molecular flexibility index (Phi) is 5.46. The van der Waals surface area contributed by atoms with Gasteiger partial charge in [0.05, 0.1) is 4.90 Å². The van der Waals surface area contributed by atoms with Crippen LogP contribution in [0.4, 0.5) is 0 Å². The molecule has 5 nitrogen and oxygen atoms in total. The predicted molar refractivity (Wildman–Crippen MR) is 83.0 cm³/mol. The summed E-state index contributed by atoms with van der Waals surface area (Å²) in [5.74, 6) is 0.386. The third kappa shape index (κ3) is 4.08. The molecule has 0 radical (unpaired) electrons. The SMILES string of the molecule is CCC(NS(=O)(=O)c1c[nH]c(=O)c(Cl)c1)C1CCCCC1. The molecule has 1 heterocycles. The maximum atomic E-state index is 12.4. The second kappa shape index (κ2) is 6.94. The zero-order chi connectivity index (χ0) is 15.5. The summed E-state index contributed by atoms with van der Waals surface area (Å²) < 4.78 is 27.6. The topological polar surface area (TPSA) is 79.0 Å². The maximum Gasteiger partial charge on any atom is 0.266 e. The van der Waals surface area contributed by atoms with Crippen LogP contribution in [-0.2, 0) is 10.0 Å². The van der Waals surface area contributed by atoms with Crippen molar-refractivity contribution in [2.75, 3.05) is 0 Å². The summed E-state index contributed by atoms with van der Waals surface area (Å²) >= 11 is 5.70. The van der Waals surface area contributed by atoms with Crippen molar-refractivity contribution in [2.45, 2.75) is 56.4 Å². The molecule has 2 rings (SSSR count). The molecule has 1 aliphatic carbocycles. The van der Waals surface area contributed by atoms with E-state index in [1.165, 1.54) is 18.7 Å². The molecule has 1 aliphatic rings. The summed E-state index contributed by atoms with van der Waals surface area (Å²) in [6, 6.07) is 1.12.